The summed E-state index contributed by atoms with van der Waals surface area (Å²) in [6.45, 7) is 16.7. The van der Waals surface area contributed by atoms with Gasteiger partial charge in [0, 0.05) is 28.4 Å². The quantitative estimate of drug-likeness (QED) is 0.313. The fourth-order valence-corrected chi connectivity index (χ4v) is 3.89. The molecule has 1 aliphatic heterocycles. The number of halogens is 2. The molecule has 6 nitrogen and oxygen atoms in total. The van der Waals surface area contributed by atoms with E-state index in [1.165, 1.54) is 6.20 Å². The van der Waals surface area contributed by atoms with Crippen LogP contribution in [-0.2, 0) is 0 Å². The molecule has 1 saturated heterocycles. The molecule has 4 rings (SSSR count). The molecule has 0 saturated carbocycles. The SMILES string of the molecule is [C-]#[N+]c1cnc2cc(OC)c(OC3CN(C(=C)C=C)C3)cc2c1Nc1ccc(Cl)cc1Cl. The number of hydrogen-bond donors (Lipinski definition) is 1. The van der Waals surface area contributed by atoms with Crippen LogP contribution in [0.3, 0.4) is 0 Å². The zero-order valence-corrected chi connectivity index (χ0v) is 18.9. The number of methoxy groups -OCH3 is 1. The van der Waals surface area contributed by atoms with Crippen molar-refractivity contribution in [2.24, 2.45) is 0 Å². The van der Waals surface area contributed by atoms with E-state index in [9.17, 15) is 0 Å². The van der Waals surface area contributed by atoms with Gasteiger partial charge in [0.2, 0.25) is 5.69 Å². The number of fused-ring (bicyclic) bond motifs is 1. The molecular formula is C24H20Cl2N4O2. The first-order valence-corrected chi connectivity index (χ1v) is 10.5. The van der Waals surface area contributed by atoms with Gasteiger partial charge in [-0.2, -0.15) is 0 Å². The highest BCUT2D eigenvalue weighted by atomic mass is 35.5. The van der Waals surface area contributed by atoms with Gasteiger partial charge < -0.3 is 19.7 Å². The van der Waals surface area contributed by atoms with E-state index in [0.29, 0.717) is 62.6 Å². The normalized spacial score (nSPS) is 13.2. The topological polar surface area (TPSA) is 51.0 Å². The van der Waals surface area contributed by atoms with Crippen molar-refractivity contribution in [1.29, 1.82) is 0 Å². The van der Waals surface area contributed by atoms with E-state index in [1.807, 2.05) is 6.07 Å². The smallest absolute Gasteiger partial charge is 0.228 e. The number of anilines is 2. The third-order valence-electron chi connectivity index (χ3n) is 5.23. The Hall–Kier alpha value is -3.40. The number of aromatic nitrogens is 1. The largest absolute Gasteiger partial charge is 0.493 e. The zero-order chi connectivity index (χ0) is 22.8. The number of hydrogen-bond acceptors (Lipinski definition) is 5. The summed E-state index contributed by atoms with van der Waals surface area (Å²) in [5.41, 5.74) is 3.09. The van der Waals surface area contributed by atoms with Crippen LogP contribution in [-0.4, -0.2) is 36.2 Å². The summed E-state index contributed by atoms with van der Waals surface area (Å²) in [4.78, 5) is 10.1. The number of allylic oxidation sites excluding steroid dienone is 1. The van der Waals surface area contributed by atoms with E-state index in [0.717, 1.165) is 5.70 Å². The van der Waals surface area contributed by atoms with Crippen LogP contribution in [0, 0.1) is 6.57 Å². The van der Waals surface area contributed by atoms with E-state index in [1.54, 1.807) is 37.5 Å². The van der Waals surface area contributed by atoms with Crippen molar-refractivity contribution in [2.45, 2.75) is 6.10 Å². The minimum Gasteiger partial charge on any atom is -0.493 e. The molecule has 0 atom stereocenters. The number of nitrogens with zero attached hydrogens (tertiary/aromatic N) is 3. The Morgan fingerprint density at radius 1 is 1.28 bits per heavy atom. The summed E-state index contributed by atoms with van der Waals surface area (Å²) in [5, 5.41) is 4.95. The van der Waals surface area contributed by atoms with Crippen LogP contribution in [0.15, 0.2) is 61.5 Å². The van der Waals surface area contributed by atoms with Crippen molar-refractivity contribution in [3.8, 4) is 11.5 Å². The van der Waals surface area contributed by atoms with Crippen molar-refractivity contribution in [3.63, 3.8) is 0 Å². The first-order chi connectivity index (χ1) is 15.4. The fourth-order valence-electron chi connectivity index (χ4n) is 3.44. The van der Waals surface area contributed by atoms with Crippen LogP contribution in [0.1, 0.15) is 0 Å². The van der Waals surface area contributed by atoms with E-state index in [-0.39, 0.29) is 6.10 Å². The molecule has 32 heavy (non-hydrogen) atoms. The third kappa shape index (κ3) is 4.18. The highest BCUT2D eigenvalue weighted by molar-refractivity contribution is 6.36. The van der Waals surface area contributed by atoms with Crippen molar-refractivity contribution in [1.82, 2.24) is 9.88 Å². The third-order valence-corrected chi connectivity index (χ3v) is 5.78. The standard InChI is InChI=1S/C24H20Cl2N4O2/c1-5-14(2)30-12-16(13-30)32-23-9-17-20(10-22(23)31-4)28-11-21(27-3)24(17)29-19-7-6-15(25)8-18(19)26/h5-11,16H,1-2,12-13H2,4H3,(H,28,29). The van der Waals surface area contributed by atoms with Crippen LogP contribution in [0.2, 0.25) is 10.0 Å². The molecule has 0 bridgehead atoms. The molecule has 1 aromatic heterocycles. The Bertz CT molecular complexity index is 1260. The van der Waals surface area contributed by atoms with Gasteiger partial charge in [-0.15, -0.1) is 0 Å². The van der Waals surface area contributed by atoms with Gasteiger partial charge in [0.1, 0.15) is 6.10 Å². The van der Waals surface area contributed by atoms with Gasteiger partial charge in [0.25, 0.3) is 0 Å². The van der Waals surface area contributed by atoms with E-state index in [2.05, 4.69) is 33.2 Å². The van der Waals surface area contributed by atoms with E-state index < -0.39 is 0 Å². The second kappa shape index (κ2) is 8.99. The van der Waals surface area contributed by atoms with E-state index in [4.69, 9.17) is 39.2 Å². The number of ether oxygens (including phenoxy) is 2. The second-order valence-electron chi connectivity index (χ2n) is 7.24. The number of rotatable bonds is 7. The van der Waals surface area contributed by atoms with Crippen molar-refractivity contribution in [2.75, 3.05) is 25.5 Å². The van der Waals surface area contributed by atoms with Crippen LogP contribution in [0.5, 0.6) is 11.5 Å². The minimum atomic E-state index is -0.0165. The molecule has 0 radical (unpaired) electrons. The lowest BCUT2D eigenvalue weighted by molar-refractivity contribution is 0.0454. The molecule has 0 aliphatic carbocycles. The predicted octanol–water partition coefficient (Wildman–Crippen LogP) is 6.61. The van der Waals surface area contributed by atoms with Gasteiger partial charge in [-0.05, 0) is 30.3 Å². The molecule has 2 aromatic carbocycles. The molecule has 8 heteroatoms. The Labute approximate surface area is 196 Å². The molecule has 0 unspecified atom stereocenters. The van der Waals surface area contributed by atoms with Crippen LogP contribution >= 0.6 is 23.2 Å². The Kier molecular flexibility index (Phi) is 6.13. The lowest BCUT2D eigenvalue weighted by atomic mass is 10.1. The molecular weight excluding hydrogens is 447 g/mol. The molecule has 162 valence electrons. The number of pyridine rings is 1. The highest BCUT2D eigenvalue weighted by Crippen LogP contribution is 2.42. The Balaban J connectivity index is 1.73. The summed E-state index contributed by atoms with van der Waals surface area (Å²) in [7, 11) is 1.58. The molecule has 1 aliphatic rings. The molecule has 3 aromatic rings. The van der Waals surface area contributed by atoms with E-state index >= 15 is 0 Å². The average molecular weight is 467 g/mol. The second-order valence-corrected chi connectivity index (χ2v) is 8.08. The summed E-state index contributed by atoms with van der Waals surface area (Å²) in [6.07, 6.45) is 3.23. The van der Waals surface area contributed by atoms with Crippen LogP contribution < -0.4 is 14.8 Å². The summed E-state index contributed by atoms with van der Waals surface area (Å²) >= 11 is 12.4. The Morgan fingerprint density at radius 3 is 2.72 bits per heavy atom. The number of benzene rings is 2. The van der Waals surface area contributed by atoms with Gasteiger partial charge in [-0.3, -0.25) is 4.98 Å². The lowest BCUT2D eigenvalue weighted by Gasteiger charge is -2.41. The van der Waals surface area contributed by atoms with Crippen molar-refractivity contribution >= 4 is 51.2 Å². The molecule has 0 spiro atoms. The highest BCUT2D eigenvalue weighted by Gasteiger charge is 2.29. The van der Waals surface area contributed by atoms with Gasteiger partial charge in [-0.25, -0.2) is 4.85 Å². The molecule has 2 heterocycles. The molecule has 0 amide bonds. The molecule has 1 fully saturated rings. The molecule has 1 N–H and O–H groups in total. The van der Waals surface area contributed by atoms with Crippen LogP contribution in [0.25, 0.3) is 15.7 Å². The van der Waals surface area contributed by atoms with Crippen molar-refractivity contribution < 1.29 is 9.47 Å². The lowest BCUT2D eigenvalue weighted by Crippen LogP contribution is -2.52. The maximum Gasteiger partial charge on any atom is 0.228 e. The summed E-state index contributed by atoms with van der Waals surface area (Å²) in [6, 6.07) is 8.77. The minimum absolute atomic E-state index is 0.0165. The maximum atomic E-state index is 7.59. The van der Waals surface area contributed by atoms with Gasteiger partial charge in [-0.1, -0.05) is 36.4 Å². The Morgan fingerprint density at radius 2 is 2.06 bits per heavy atom. The summed E-state index contributed by atoms with van der Waals surface area (Å²) in [5.74, 6) is 1.14. The zero-order valence-electron chi connectivity index (χ0n) is 17.4. The average Bonchev–Trinajstić information content (AvgIpc) is 2.76. The summed E-state index contributed by atoms with van der Waals surface area (Å²) < 4.78 is 11.7. The van der Waals surface area contributed by atoms with Gasteiger partial charge in [0.05, 0.1) is 48.7 Å². The first-order valence-electron chi connectivity index (χ1n) is 9.76. The number of likely N-dealkylation sites (tertiary alicyclic amines) is 1. The van der Waals surface area contributed by atoms with Gasteiger partial charge >= 0.3 is 0 Å². The first kappa shape index (κ1) is 21.8. The fraction of sp³-hybridized carbons (Fsp3) is 0.167. The van der Waals surface area contributed by atoms with Gasteiger partial charge in [0.15, 0.2) is 11.5 Å². The van der Waals surface area contributed by atoms with Crippen LogP contribution in [0.4, 0.5) is 17.1 Å². The number of nitrogens with one attached hydrogen (secondary N) is 1. The maximum absolute atomic E-state index is 7.59. The van der Waals surface area contributed by atoms with Crippen molar-refractivity contribution in [3.05, 3.63) is 82.9 Å². The predicted molar refractivity (Wildman–Crippen MR) is 130 cm³/mol. The monoisotopic (exact) mass is 466 g/mol.